The van der Waals surface area contributed by atoms with Gasteiger partial charge in [-0.3, -0.25) is 0 Å². The largest absolute Gasteiger partial charge is 0.465 e. The quantitative estimate of drug-likeness (QED) is 0.837. The van der Waals surface area contributed by atoms with Gasteiger partial charge in [-0.1, -0.05) is 31.7 Å². The fourth-order valence-corrected chi connectivity index (χ4v) is 3.98. The lowest BCUT2D eigenvalue weighted by Crippen LogP contribution is -2.19. The Morgan fingerprint density at radius 2 is 1.95 bits per heavy atom. The monoisotopic (exact) mass is 322 g/mol. The van der Waals surface area contributed by atoms with Gasteiger partial charge in [0.15, 0.2) is 0 Å². The Balaban J connectivity index is 2.09. The summed E-state index contributed by atoms with van der Waals surface area (Å²) in [5, 5.41) is 11.7. The molecule has 0 fully saturated rings. The molecular formula is C15H18N2O2S2. The van der Waals surface area contributed by atoms with E-state index in [1.165, 1.54) is 27.4 Å². The highest BCUT2D eigenvalue weighted by Gasteiger charge is 2.07. The van der Waals surface area contributed by atoms with Gasteiger partial charge in [0, 0.05) is 4.90 Å². The lowest BCUT2D eigenvalue weighted by molar-refractivity contribution is 0.194. The molecule has 2 N–H and O–H groups in total. The molecule has 21 heavy (non-hydrogen) atoms. The molecule has 0 bridgehead atoms. The second-order valence-electron chi connectivity index (χ2n) is 4.53. The van der Waals surface area contributed by atoms with Gasteiger partial charge in [0.25, 0.3) is 0 Å². The maximum atomic E-state index is 10.5. The highest BCUT2D eigenvalue weighted by atomic mass is 32.2. The van der Waals surface area contributed by atoms with Crippen molar-refractivity contribution in [2.24, 2.45) is 0 Å². The third kappa shape index (κ3) is 4.75. The smallest absolute Gasteiger partial charge is 0.405 e. The Bertz CT molecular complexity index is 604. The summed E-state index contributed by atoms with van der Waals surface area (Å²) in [4.78, 5) is 15.9. The SMILES string of the molecule is CCc1cc(CC)cc(Sc2cnc(CNC(=O)O)s2)c1. The highest BCUT2D eigenvalue weighted by molar-refractivity contribution is 8.01. The molecule has 6 heteroatoms. The Labute approximate surface area is 132 Å². The van der Waals surface area contributed by atoms with Crippen LogP contribution in [0.15, 0.2) is 33.5 Å². The van der Waals surface area contributed by atoms with Gasteiger partial charge < -0.3 is 10.4 Å². The first-order valence-electron chi connectivity index (χ1n) is 6.83. The molecule has 0 saturated heterocycles. The molecule has 1 amide bonds. The van der Waals surface area contributed by atoms with E-state index >= 15 is 0 Å². The molecule has 0 saturated carbocycles. The van der Waals surface area contributed by atoms with Crippen LogP contribution in [-0.2, 0) is 19.4 Å². The zero-order valence-electron chi connectivity index (χ0n) is 12.0. The van der Waals surface area contributed by atoms with Crippen molar-refractivity contribution in [1.29, 1.82) is 0 Å². The molecule has 0 unspecified atom stereocenters. The number of aromatic nitrogens is 1. The first kappa shape index (κ1) is 15.9. The maximum absolute atomic E-state index is 10.5. The van der Waals surface area contributed by atoms with E-state index in [4.69, 9.17) is 5.11 Å². The third-order valence-electron chi connectivity index (χ3n) is 2.98. The number of carboxylic acid groups (broad SMARTS) is 1. The van der Waals surface area contributed by atoms with Gasteiger partial charge in [0.05, 0.1) is 17.0 Å². The van der Waals surface area contributed by atoms with Crippen molar-refractivity contribution >= 4 is 29.2 Å². The van der Waals surface area contributed by atoms with Crippen LogP contribution in [0.3, 0.4) is 0 Å². The summed E-state index contributed by atoms with van der Waals surface area (Å²) in [6.07, 6.45) is 2.83. The highest BCUT2D eigenvalue weighted by Crippen LogP contribution is 2.33. The van der Waals surface area contributed by atoms with Crippen LogP contribution in [-0.4, -0.2) is 16.2 Å². The summed E-state index contributed by atoms with van der Waals surface area (Å²) in [6, 6.07) is 6.66. The van der Waals surface area contributed by atoms with E-state index in [-0.39, 0.29) is 6.54 Å². The predicted molar refractivity (Wildman–Crippen MR) is 86.3 cm³/mol. The number of benzene rings is 1. The summed E-state index contributed by atoms with van der Waals surface area (Å²) in [5.74, 6) is 0. The van der Waals surface area contributed by atoms with E-state index in [2.05, 4.69) is 42.3 Å². The number of nitrogens with one attached hydrogen (secondary N) is 1. The second kappa shape index (κ2) is 7.47. The van der Waals surface area contributed by atoms with Crippen LogP contribution >= 0.6 is 23.1 Å². The van der Waals surface area contributed by atoms with Gasteiger partial charge in [-0.25, -0.2) is 9.78 Å². The van der Waals surface area contributed by atoms with Crippen LogP contribution < -0.4 is 5.32 Å². The van der Waals surface area contributed by atoms with Crippen molar-refractivity contribution in [2.45, 2.75) is 42.3 Å². The van der Waals surface area contributed by atoms with Crippen LogP contribution in [0.25, 0.3) is 0 Å². The summed E-state index contributed by atoms with van der Waals surface area (Å²) in [5.41, 5.74) is 2.68. The Kier molecular flexibility index (Phi) is 5.64. The van der Waals surface area contributed by atoms with Crippen molar-refractivity contribution in [3.05, 3.63) is 40.5 Å². The first-order valence-corrected chi connectivity index (χ1v) is 8.46. The molecule has 1 aromatic carbocycles. The minimum atomic E-state index is -1.03. The molecule has 0 spiro atoms. The van der Waals surface area contributed by atoms with E-state index in [1.54, 1.807) is 18.0 Å². The molecule has 0 aliphatic rings. The van der Waals surface area contributed by atoms with Crippen molar-refractivity contribution in [3.8, 4) is 0 Å². The molecule has 0 aliphatic carbocycles. The van der Waals surface area contributed by atoms with Gasteiger partial charge in [0.2, 0.25) is 0 Å². The van der Waals surface area contributed by atoms with Crippen molar-refractivity contribution in [1.82, 2.24) is 10.3 Å². The zero-order valence-corrected chi connectivity index (χ0v) is 13.7. The van der Waals surface area contributed by atoms with Crippen LogP contribution in [0.4, 0.5) is 4.79 Å². The topological polar surface area (TPSA) is 62.2 Å². The van der Waals surface area contributed by atoms with Crippen LogP contribution in [0.5, 0.6) is 0 Å². The fraction of sp³-hybridized carbons (Fsp3) is 0.333. The number of carbonyl (C=O) groups is 1. The van der Waals surface area contributed by atoms with E-state index in [9.17, 15) is 4.79 Å². The minimum Gasteiger partial charge on any atom is -0.465 e. The van der Waals surface area contributed by atoms with Crippen LogP contribution in [0, 0.1) is 0 Å². The summed E-state index contributed by atoms with van der Waals surface area (Å²) in [7, 11) is 0. The number of rotatable bonds is 6. The van der Waals surface area contributed by atoms with Crippen molar-refractivity contribution in [2.75, 3.05) is 0 Å². The van der Waals surface area contributed by atoms with Gasteiger partial charge in [0.1, 0.15) is 5.01 Å². The van der Waals surface area contributed by atoms with Gasteiger partial charge in [-0.2, -0.15) is 0 Å². The Morgan fingerprint density at radius 1 is 1.29 bits per heavy atom. The standard InChI is InChI=1S/C15H18N2O2S2/c1-3-10-5-11(4-2)7-12(6-10)20-14-9-16-13(21-14)8-17-15(18)19/h5-7,9,17H,3-4,8H2,1-2H3,(H,18,19). The van der Waals surface area contributed by atoms with E-state index in [0.717, 1.165) is 22.1 Å². The minimum absolute atomic E-state index is 0.260. The molecule has 0 atom stereocenters. The molecule has 1 heterocycles. The van der Waals surface area contributed by atoms with Gasteiger partial charge in [-0.05, 0) is 36.1 Å². The average molecular weight is 322 g/mol. The first-order chi connectivity index (χ1) is 10.1. The predicted octanol–water partition coefficient (Wildman–Crippen LogP) is 4.19. The number of nitrogens with zero attached hydrogens (tertiary/aromatic N) is 1. The molecule has 1 aromatic heterocycles. The number of aryl methyl sites for hydroxylation is 2. The summed E-state index contributed by atoms with van der Waals surface area (Å²) >= 11 is 3.21. The van der Waals surface area contributed by atoms with Crippen molar-refractivity contribution in [3.63, 3.8) is 0 Å². The van der Waals surface area contributed by atoms with Gasteiger partial charge in [-0.15, -0.1) is 11.3 Å². The van der Waals surface area contributed by atoms with Crippen molar-refractivity contribution < 1.29 is 9.90 Å². The number of hydrogen-bond donors (Lipinski definition) is 2. The lowest BCUT2D eigenvalue weighted by Gasteiger charge is -2.06. The zero-order chi connectivity index (χ0) is 15.2. The summed E-state index contributed by atoms with van der Waals surface area (Å²) < 4.78 is 1.08. The normalized spacial score (nSPS) is 10.6. The maximum Gasteiger partial charge on any atom is 0.405 e. The van der Waals surface area contributed by atoms with E-state index in [0.29, 0.717) is 0 Å². The molecule has 4 nitrogen and oxygen atoms in total. The molecule has 2 aromatic rings. The number of thiazole rings is 1. The van der Waals surface area contributed by atoms with Gasteiger partial charge >= 0.3 is 6.09 Å². The molecule has 0 radical (unpaired) electrons. The van der Waals surface area contributed by atoms with Crippen LogP contribution in [0.1, 0.15) is 30.0 Å². The molecule has 2 rings (SSSR count). The number of hydrogen-bond acceptors (Lipinski definition) is 4. The van der Waals surface area contributed by atoms with E-state index < -0.39 is 6.09 Å². The average Bonchev–Trinajstić information content (AvgIpc) is 2.92. The lowest BCUT2D eigenvalue weighted by atomic mass is 10.1. The molecular weight excluding hydrogens is 304 g/mol. The second-order valence-corrected chi connectivity index (χ2v) is 7.02. The third-order valence-corrected chi connectivity index (χ3v) is 5.05. The Hall–Kier alpha value is -1.53. The molecule has 0 aliphatic heterocycles. The van der Waals surface area contributed by atoms with Crippen LogP contribution in [0.2, 0.25) is 0 Å². The Morgan fingerprint density at radius 3 is 2.52 bits per heavy atom. The molecule has 112 valence electrons. The number of amides is 1. The van der Waals surface area contributed by atoms with E-state index in [1.807, 2.05) is 0 Å². The fourth-order valence-electron chi connectivity index (χ4n) is 1.89. The summed E-state index contributed by atoms with van der Waals surface area (Å²) in [6.45, 7) is 4.58.